The molecule has 0 aliphatic heterocycles. The second kappa shape index (κ2) is 11.1. The molecule has 0 aromatic heterocycles. The zero-order chi connectivity index (χ0) is 23.1. The molecule has 166 valence electrons. The standard InChI is InChI=1S/C24H24BrN3O3S/c1-15(2)17-10-11-21(20(25)12-17)31-14-23(30)27-28-24(32)26-22(29)13-18-8-5-7-16-6-3-4-9-19(16)18/h3-12,15H,13-14H2,1-2H3,(H,27,30)(H2,26,28,29,32). The molecule has 3 aromatic carbocycles. The van der Waals surface area contributed by atoms with Crippen LogP contribution in [-0.2, 0) is 16.0 Å². The van der Waals surface area contributed by atoms with Crippen LogP contribution >= 0.6 is 28.1 Å². The number of carbonyl (C=O) groups excluding carboxylic acids is 2. The molecule has 3 N–H and O–H groups in total. The highest BCUT2D eigenvalue weighted by molar-refractivity contribution is 9.10. The number of carbonyl (C=O) groups is 2. The first kappa shape index (κ1) is 23.7. The third-order valence-corrected chi connectivity index (χ3v) is 5.60. The lowest BCUT2D eigenvalue weighted by molar-refractivity contribution is -0.124. The van der Waals surface area contributed by atoms with Crippen molar-refractivity contribution >= 4 is 55.8 Å². The average Bonchev–Trinajstić information content (AvgIpc) is 2.77. The van der Waals surface area contributed by atoms with Crippen molar-refractivity contribution in [2.75, 3.05) is 6.61 Å². The van der Waals surface area contributed by atoms with Crippen LogP contribution in [0.3, 0.4) is 0 Å². The maximum absolute atomic E-state index is 12.4. The molecule has 6 nitrogen and oxygen atoms in total. The fourth-order valence-electron chi connectivity index (χ4n) is 3.12. The van der Waals surface area contributed by atoms with Crippen LogP contribution in [-0.4, -0.2) is 23.5 Å². The van der Waals surface area contributed by atoms with E-state index in [1.165, 1.54) is 5.56 Å². The van der Waals surface area contributed by atoms with Crippen molar-refractivity contribution < 1.29 is 14.3 Å². The molecule has 0 saturated heterocycles. The van der Waals surface area contributed by atoms with Crippen LogP contribution in [0.25, 0.3) is 10.8 Å². The largest absolute Gasteiger partial charge is 0.483 e. The molecular formula is C24H24BrN3O3S. The molecule has 0 bridgehead atoms. The van der Waals surface area contributed by atoms with Crippen molar-refractivity contribution in [2.24, 2.45) is 0 Å². The lowest BCUT2D eigenvalue weighted by atomic mass is 10.0. The van der Waals surface area contributed by atoms with Crippen molar-refractivity contribution in [1.82, 2.24) is 16.2 Å². The molecule has 0 saturated carbocycles. The lowest BCUT2D eigenvalue weighted by Gasteiger charge is -2.13. The Morgan fingerprint density at radius 3 is 2.50 bits per heavy atom. The van der Waals surface area contributed by atoms with E-state index in [2.05, 4.69) is 45.9 Å². The summed E-state index contributed by atoms with van der Waals surface area (Å²) in [5, 5.41) is 4.65. The minimum Gasteiger partial charge on any atom is -0.483 e. The Labute approximate surface area is 200 Å². The first-order chi connectivity index (χ1) is 15.3. The molecule has 0 unspecified atom stereocenters. The van der Waals surface area contributed by atoms with Crippen LogP contribution in [0.5, 0.6) is 5.75 Å². The first-order valence-corrected chi connectivity index (χ1v) is 11.3. The number of fused-ring (bicyclic) bond motifs is 1. The Morgan fingerprint density at radius 1 is 1.00 bits per heavy atom. The van der Waals surface area contributed by atoms with Gasteiger partial charge in [-0.1, -0.05) is 62.4 Å². The van der Waals surface area contributed by atoms with Crippen LogP contribution in [0.4, 0.5) is 0 Å². The second-order valence-corrected chi connectivity index (χ2v) is 8.76. The minimum absolute atomic E-state index is 0.00561. The molecule has 32 heavy (non-hydrogen) atoms. The number of halogens is 1. The van der Waals surface area contributed by atoms with Gasteiger partial charge in [0, 0.05) is 0 Å². The van der Waals surface area contributed by atoms with Gasteiger partial charge in [-0.25, -0.2) is 0 Å². The summed E-state index contributed by atoms with van der Waals surface area (Å²) in [6, 6.07) is 19.4. The summed E-state index contributed by atoms with van der Waals surface area (Å²) in [5.41, 5.74) is 7.00. The molecule has 0 aliphatic carbocycles. The molecule has 3 aromatic rings. The van der Waals surface area contributed by atoms with Gasteiger partial charge in [-0.15, -0.1) is 0 Å². The van der Waals surface area contributed by atoms with Crippen LogP contribution in [0.2, 0.25) is 0 Å². The Balaban J connectivity index is 1.44. The number of thiocarbonyl (C=S) groups is 1. The van der Waals surface area contributed by atoms with Gasteiger partial charge in [0.05, 0.1) is 10.9 Å². The third kappa shape index (κ3) is 6.51. The van der Waals surface area contributed by atoms with E-state index in [-0.39, 0.29) is 24.0 Å². The summed E-state index contributed by atoms with van der Waals surface area (Å²) < 4.78 is 6.32. The third-order valence-electron chi connectivity index (χ3n) is 4.78. The van der Waals surface area contributed by atoms with E-state index in [4.69, 9.17) is 17.0 Å². The zero-order valence-corrected chi connectivity index (χ0v) is 20.2. The summed E-state index contributed by atoms with van der Waals surface area (Å²) >= 11 is 8.55. The normalized spacial score (nSPS) is 10.6. The van der Waals surface area contributed by atoms with Gasteiger partial charge in [-0.3, -0.25) is 20.4 Å². The van der Waals surface area contributed by atoms with E-state index in [0.29, 0.717) is 11.7 Å². The van der Waals surface area contributed by atoms with Gasteiger partial charge < -0.3 is 10.1 Å². The van der Waals surface area contributed by atoms with E-state index >= 15 is 0 Å². The molecular weight excluding hydrogens is 490 g/mol. The quantitative estimate of drug-likeness (QED) is 0.337. The highest BCUT2D eigenvalue weighted by atomic mass is 79.9. The van der Waals surface area contributed by atoms with Gasteiger partial charge in [0.15, 0.2) is 11.7 Å². The van der Waals surface area contributed by atoms with Gasteiger partial charge >= 0.3 is 0 Å². The van der Waals surface area contributed by atoms with Gasteiger partial charge in [0.1, 0.15) is 5.75 Å². The predicted octanol–water partition coefficient (Wildman–Crippen LogP) is 4.37. The van der Waals surface area contributed by atoms with E-state index in [9.17, 15) is 9.59 Å². The molecule has 0 atom stereocenters. The molecule has 2 amide bonds. The summed E-state index contributed by atoms with van der Waals surface area (Å²) in [4.78, 5) is 24.4. The number of benzene rings is 3. The predicted molar refractivity (Wildman–Crippen MR) is 133 cm³/mol. The summed E-state index contributed by atoms with van der Waals surface area (Å²) in [5.74, 6) is 0.245. The van der Waals surface area contributed by atoms with Crippen molar-refractivity contribution in [1.29, 1.82) is 0 Å². The Bertz CT molecular complexity index is 1150. The number of nitrogens with one attached hydrogen (secondary N) is 3. The SMILES string of the molecule is CC(C)c1ccc(OCC(=O)NNC(=S)NC(=O)Cc2cccc3ccccc23)c(Br)c1. The number of hydrogen-bond donors (Lipinski definition) is 3. The highest BCUT2D eigenvalue weighted by Crippen LogP contribution is 2.28. The van der Waals surface area contributed by atoms with Crippen molar-refractivity contribution in [3.05, 3.63) is 76.3 Å². The van der Waals surface area contributed by atoms with E-state index in [0.717, 1.165) is 20.8 Å². The van der Waals surface area contributed by atoms with Crippen molar-refractivity contribution in [3.8, 4) is 5.75 Å². The zero-order valence-electron chi connectivity index (χ0n) is 17.8. The topological polar surface area (TPSA) is 79.5 Å². The number of hydrogen-bond acceptors (Lipinski definition) is 4. The Kier molecular flexibility index (Phi) is 8.19. The van der Waals surface area contributed by atoms with E-state index in [1.54, 1.807) is 0 Å². The first-order valence-electron chi connectivity index (χ1n) is 10.1. The summed E-state index contributed by atoms with van der Waals surface area (Å²) in [7, 11) is 0. The fraction of sp³-hybridized carbons (Fsp3) is 0.208. The Morgan fingerprint density at radius 2 is 1.75 bits per heavy atom. The molecule has 0 fully saturated rings. The lowest BCUT2D eigenvalue weighted by Crippen LogP contribution is -2.50. The maximum atomic E-state index is 12.4. The van der Waals surface area contributed by atoms with Crippen molar-refractivity contribution in [2.45, 2.75) is 26.2 Å². The molecule has 0 spiro atoms. The summed E-state index contributed by atoms with van der Waals surface area (Å²) in [6.45, 7) is 4.00. The molecule has 8 heteroatoms. The fourth-order valence-corrected chi connectivity index (χ4v) is 3.80. The van der Waals surface area contributed by atoms with Crippen LogP contribution in [0.15, 0.2) is 65.1 Å². The number of amides is 2. The molecule has 0 radical (unpaired) electrons. The highest BCUT2D eigenvalue weighted by Gasteiger charge is 2.11. The van der Waals surface area contributed by atoms with Gasteiger partial charge in [0.25, 0.3) is 5.91 Å². The van der Waals surface area contributed by atoms with Crippen LogP contribution in [0, 0.1) is 0 Å². The number of ether oxygens (including phenoxy) is 1. The second-order valence-electron chi connectivity index (χ2n) is 7.50. The van der Waals surface area contributed by atoms with Crippen LogP contribution in [0.1, 0.15) is 30.9 Å². The van der Waals surface area contributed by atoms with E-state index < -0.39 is 5.91 Å². The maximum Gasteiger partial charge on any atom is 0.276 e. The van der Waals surface area contributed by atoms with Gasteiger partial charge in [0.2, 0.25) is 5.91 Å². The number of hydrazine groups is 1. The average molecular weight is 514 g/mol. The van der Waals surface area contributed by atoms with Crippen LogP contribution < -0.4 is 20.9 Å². The Hall–Kier alpha value is -2.97. The molecule has 0 aliphatic rings. The molecule has 0 heterocycles. The minimum atomic E-state index is -0.435. The molecule has 3 rings (SSSR count). The van der Waals surface area contributed by atoms with Gasteiger partial charge in [-0.05, 0) is 68.1 Å². The summed E-state index contributed by atoms with van der Waals surface area (Å²) in [6.07, 6.45) is 0.167. The number of rotatable bonds is 6. The van der Waals surface area contributed by atoms with Crippen molar-refractivity contribution in [3.63, 3.8) is 0 Å². The monoisotopic (exact) mass is 513 g/mol. The smallest absolute Gasteiger partial charge is 0.276 e. The van der Waals surface area contributed by atoms with E-state index in [1.807, 2.05) is 60.7 Å². The van der Waals surface area contributed by atoms with Gasteiger partial charge in [-0.2, -0.15) is 0 Å².